The largest absolute Gasteiger partial charge is 0.412 e. The predicted molar refractivity (Wildman–Crippen MR) is 38.4 cm³/mol. The van der Waals surface area contributed by atoms with Gasteiger partial charge in [-0.1, -0.05) is 6.08 Å². The van der Waals surface area contributed by atoms with Crippen molar-refractivity contribution >= 4 is 0 Å². The first-order valence-electron chi connectivity index (χ1n) is 3.37. The van der Waals surface area contributed by atoms with Crippen LogP contribution in [0.4, 0.5) is 13.2 Å². The third kappa shape index (κ3) is 4.84. The molecule has 1 N–H and O–H groups in total. The first kappa shape index (κ1) is 10.5. The summed E-state index contributed by atoms with van der Waals surface area (Å²) in [5.74, 6) is 0. The lowest BCUT2D eigenvalue weighted by atomic mass is 10.2. The molecule has 0 saturated heterocycles. The number of hydrogen-bond donors (Lipinski definition) is 1. The molecule has 0 spiro atoms. The molecule has 0 fully saturated rings. The van der Waals surface area contributed by atoms with E-state index in [4.69, 9.17) is 0 Å². The molecule has 0 amide bonds. The van der Waals surface area contributed by atoms with E-state index in [1.54, 1.807) is 7.05 Å². The smallest absolute Gasteiger partial charge is 0.319 e. The summed E-state index contributed by atoms with van der Waals surface area (Å²) in [7, 11) is 1.71. The summed E-state index contributed by atoms with van der Waals surface area (Å²) < 4.78 is 35.4. The topological polar surface area (TPSA) is 12.0 Å². The van der Waals surface area contributed by atoms with Crippen LogP contribution in [0.15, 0.2) is 11.6 Å². The van der Waals surface area contributed by atoms with Gasteiger partial charge in [-0.05, 0) is 26.9 Å². The minimum absolute atomic E-state index is 0.418. The molecule has 0 unspecified atom stereocenters. The van der Waals surface area contributed by atoms with E-state index in [1.807, 2.05) is 0 Å². The van der Waals surface area contributed by atoms with Crippen LogP contribution in [0.5, 0.6) is 0 Å². The molecular formula is C7H12F3N. The lowest BCUT2D eigenvalue weighted by Gasteiger charge is -2.05. The van der Waals surface area contributed by atoms with Gasteiger partial charge in [0.15, 0.2) is 0 Å². The average molecular weight is 167 g/mol. The van der Waals surface area contributed by atoms with Gasteiger partial charge in [0.05, 0.1) is 0 Å². The van der Waals surface area contributed by atoms with Crippen molar-refractivity contribution in [3.8, 4) is 0 Å². The quantitative estimate of drug-likeness (QED) is 0.501. The van der Waals surface area contributed by atoms with Crippen LogP contribution >= 0.6 is 0 Å². The van der Waals surface area contributed by atoms with Crippen molar-refractivity contribution in [3.63, 3.8) is 0 Å². The molecule has 0 rings (SSSR count). The van der Waals surface area contributed by atoms with Gasteiger partial charge in [-0.3, -0.25) is 0 Å². The molecule has 0 heterocycles. The van der Waals surface area contributed by atoms with E-state index < -0.39 is 11.7 Å². The maximum Gasteiger partial charge on any atom is 0.412 e. The minimum Gasteiger partial charge on any atom is -0.319 e. The third-order valence-electron chi connectivity index (χ3n) is 1.29. The molecule has 4 heteroatoms. The average Bonchev–Trinajstić information content (AvgIpc) is 1.86. The van der Waals surface area contributed by atoms with Gasteiger partial charge < -0.3 is 5.32 Å². The molecule has 0 saturated carbocycles. The van der Waals surface area contributed by atoms with E-state index >= 15 is 0 Å². The Hall–Kier alpha value is -0.510. The second-order valence-corrected chi connectivity index (χ2v) is 2.28. The van der Waals surface area contributed by atoms with Gasteiger partial charge in [0.25, 0.3) is 0 Å². The highest BCUT2D eigenvalue weighted by Crippen LogP contribution is 2.24. The number of nitrogens with one attached hydrogen (secondary N) is 1. The predicted octanol–water partition coefficient (Wildman–Crippen LogP) is 2.10. The molecule has 0 atom stereocenters. The van der Waals surface area contributed by atoms with Gasteiger partial charge in [0.1, 0.15) is 0 Å². The molecule has 1 nitrogen and oxygen atoms in total. The molecular weight excluding hydrogens is 155 g/mol. The Morgan fingerprint density at radius 3 is 2.36 bits per heavy atom. The summed E-state index contributed by atoms with van der Waals surface area (Å²) in [5.41, 5.74) is -0.521. The fourth-order valence-electron chi connectivity index (χ4n) is 0.549. The van der Waals surface area contributed by atoms with Gasteiger partial charge in [0.2, 0.25) is 0 Å². The van der Waals surface area contributed by atoms with Crippen molar-refractivity contribution in [1.82, 2.24) is 5.32 Å². The first-order valence-corrected chi connectivity index (χ1v) is 3.37. The van der Waals surface area contributed by atoms with Crippen LogP contribution in [0.1, 0.15) is 13.3 Å². The molecule has 0 aromatic rings. The van der Waals surface area contributed by atoms with E-state index in [2.05, 4.69) is 5.32 Å². The van der Waals surface area contributed by atoms with Crippen LogP contribution in [-0.4, -0.2) is 19.8 Å². The van der Waals surface area contributed by atoms with Crippen molar-refractivity contribution in [1.29, 1.82) is 0 Å². The maximum absolute atomic E-state index is 11.8. The highest BCUT2D eigenvalue weighted by molar-refractivity contribution is 5.04. The molecule has 0 aliphatic rings. The third-order valence-corrected chi connectivity index (χ3v) is 1.29. The first-order chi connectivity index (χ1) is 4.98. The van der Waals surface area contributed by atoms with E-state index in [0.29, 0.717) is 13.0 Å². The zero-order valence-electron chi connectivity index (χ0n) is 6.63. The Kier molecular flexibility index (Phi) is 4.18. The van der Waals surface area contributed by atoms with Gasteiger partial charge >= 0.3 is 6.18 Å². The second-order valence-electron chi connectivity index (χ2n) is 2.28. The lowest BCUT2D eigenvalue weighted by Crippen LogP contribution is -2.11. The Balaban J connectivity index is 3.81. The normalized spacial score (nSPS) is 13.7. The number of alkyl halides is 3. The number of allylic oxidation sites excluding steroid dienone is 1. The van der Waals surface area contributed by atoms with Gasteiger partial charge in [-0.25, -0.2) is 0 Å². The van der Waals surface area contributed by atoms with Crippen LogP contribution < -0.4 is 5.32 Å². The molecule has 0 aliphatic carbocycles. The molecule has 66 valence electrons. The summed E-state index contributed by atoms with van der Waals surface area (Å²) in [4.78, 5) is 0. The SMILES string of the molecule is CNCCC=C(C)C(F)(F)F. The van der Waals surface area contributed by atoms with E-state index in [9.17, 15) is 13.2 Å². The zero-order valence-corrected chi connectivity index (χ0v) is 6.63. The van der Waals surface area contributed by atoms with Crippen LogP contribution in [-0.2, 0) is 0 Å². The summed E-state index contributed by atoms with van der Waals surface area (Å²) >= 11 is 0. The van der Waals surface area contributed by atoms with E-state index in [-0.39, 0.29) is 0 Å². The van der Waals surface area contributed by atoms with Gasteiger partial charge in [0, 0.05) is 5.57 Å². The molecule has 0 aromatic heterocycles. The molecule has 11 heavy (non-hydrogen) atoms. The molecule has 0 aliphatic heterocycles. The summed E-state index contributed by atoms with van der Waals surface area (Å²) in [6.45, 7) is 1.66. The fourth-order valence-corrected chi connectivity index (χ4v) is 0.549. The van der Waals surface area contributed by atoms with Gasteiger partial charge in [-0.2, -0.15) is 13.2 Å². The number of rotatable bonds is 3. The lowest BCUT2D eigenvalue weighted by molar-refractivity contribution is -0.0915. The Morgan fingerprint density at radius 1 is 1.45 bits per heavy atom. The molecule has 0 radical (unpaired) electrons. The number of halogens is 3. The van der Waals surface area contributed by atoms with Crippen molar-refractivity contribution in [2.24, 2.45) is 0 Å². The Labute approximate surface area is 64.3 Å². The standard InChI is InChI=1S/C7H12F3N/c1-6(7(8,9)10)4-3-5-11-2/h4,11H,3,5H2,1-2H3. The highest BCUT2D eigenvalue weighted by Gasteiger charge is 2.29. The summed E-state index contributed by atoms with van der Waals surface area (Å²) in [5, 5.41) is 2.76. The van der Waals surface area contributed by atoms with Crippen molar-refractivity contribution in [2.45, 2.75) is 19.5 Å². The van der Waals surface area contributed by atoms with Gasteiger partial charge in [-0.15, -0.1) is 0 Å². The Bertz CT molecular complexity index is 137. The fraction of sp³-hybridized carbons (Fsp3) is 0.714. The zero-order chi connectivity index (χ0) is 8.91. The van der Waals surface area contributed by atoms with Crippen LogP contribution in [0.3, 0.4) is 0 Å². The maximum atomic E-state index is 11.8. The van der Waals surface area contributed by atoms with Crippen molar-refractivity contribution in [2.75, 3.05) is 13.6 Å². The molecule has 0 bridgehead atoms. The van der Waals surface area contributed by atoms with Crippen LogP contribution in [0.25, 0.3) is 0 Å². The molecule has 0 aromatic carbocycles. The Morgan fingerprint density at radius 2 is 2.00 bits per heavy atom. The summed E-state index contributed by atoms with van der Waals surface area (Å²) in [6.07, 6.45) is -2.55. The minimum atomic E-state index is -4.16. The van der Waals surface area contributed by atoms with Crippen molar-refractivity contribution in [3.05, 3.63) is 11.6 Å². The second kappa shape index (κ2) is 4.38. The van der Waals surface area contributed by atoms with Crippen LogP contribution in [0.2, 0.25) is 0 Å². The summed E-state index contributed by atoms with van der Waals surface area (Å²) in [6, 6.07) is 0. The van der Waals surface area contributed by atoms with Crippen LogP contribution in [0, 0.1) is 0 Å². The van der Waals surface area contributed by atoms with Crippen molar-refractivity contribution < 1.29 is 13.2 Å². The van der Waals surface area contributed by atoms with E-state index in [1.165, 1.54) is 6.08 Å². The monoisotopic (exact) mass is 167 g/mol. The van der Waals surface area contributed by atoms with E-state index in [0.717, 1.165) is 6.92 Å². The highest BCUT2D eigenvalue weighted by atomic mass is 19.4. The number of hydrogen-bond acceptors (Lipinski definition) is 1.